The molecule has 5 heavy (non-hydrogen) atoms. The minimum Gasteiger partial charge on any atom is -0.181 e. The predicted molar refractivity (Wildman–Crippen MR) is 35.4 cm³/mol. The van der Waals surface area contributed by atoms with Crippen LogP contribution in [-0.2, 0) is 0 Å². The quantitative estimate of drug-likeness (QED) is 0.309. The van der Waals surface area contributed by atoms with E-state index in [9.17, 15) is 0 Å². The van der Waals surface area contributed by atoms with Gasteiger partial charge >= 0.3 is 0 Å². The van der Waals surface area contributed by atoms with E-state index < -0.39 is 0 Å². The van der Waals surface area contributed by atoms with E-state index in [4.69, 9.17) is 22.7 Å². The molecule has 0 aliphatic heterocycles. The maximum absolute atomic E-state index is 4.92. The molecule has 0 amide bonds. The molecule has 0 unspecified atom stereocenters. The monoisotopic (exact) mass is 194 g/mol. The molecule has 0 heterocycles. The summed E-state index contributed by atoms with van der Waals surface area (Å²) in [5.41, 5.74) is 0. The van der Waals surface area contributed by atoms with E-state index >= 15 is 0 Å². The van der Waals surface area contributed by atoms with Crippen LogP contribution in [0.1, 0.15) is 0 Å². The number of hydrogen-bond donors (Lipinski definition) is 0. The summed E-state index contributed by atoms with van der Waals surface area (Å²) in [6.07, 6.45) is 0. The van der Waals surface area contributed by atoms with Gasteiger partial charge in [0.2, 0.25) is 0 Å². The van der Waals surface area contributed by atoms with E-state index in [-0.39, 0.29) is 0 Å². The molecule has 0 radical (unpaired) electrons. The fourth-order valence-electron chi connectivity index (χ4n) is 0. The lowest BCUT2D eigenvalue weighted by atomic mass is 12.0. The van der Waals surface area contributed by atoms with Crippen molar-refractivity contribution in [3.05, 3.63) is 0 Å². The Bertz CT molecular complexity index is 9.61. The standard InChI is InChI=1S/CH2BrCl.ClH3Si/c2-1-3;1-2/h1H2;2H3. The second-order valence-corrected chi connectivity index (χ2v) is 1.57. The first-order chi connectivity index (χ1) is 2.41. The third-order valence-corrected chi connectivity index (χ3v) is 0. The van der Waals surface area contributed by atoms with Crippen molar-refractivity contribution < 1.29 is 0 Å². The smallest absolute Gasteiger partial charge is 0.109 e. The van der Waals surface area contributed by atoms with Crippen LogP contribution in [0.3, 0.4) is 0 Å². The molecule has 0 rings (SSSR count). The maximum Gasteiger partial charge on any atom is 0.109 e. The average molecular weight is 196 g/mol. The zero-order chi connectivity index (χ0) is 4.71. The Balaban J connectivity index is 0. The number of alkyl halides is 2. The second-order valence-electron chi connectivity index (χ2n) is 0.101. The topological polar surface area (TPSA) is 0 Å². The van der Waals surface area contributed by atoms with Gasteiger partial charge in [0.15, 0.2) is 0 Å². The lowest BCUT2D eigenvalue weighted by Crippen LogP contribution is -1.21. The summed E-state index contributed by atoms with van der Waals surface area (Å²) >= 11 is 12.6. The first-order valence-electron chi connectivity index (χ1n) is 0.912. The highest BCUT2D eigenvalue weighted by molar-refractivity contribution is 9.09. The fraction of sp³-hybridized carbons (Fsp3) is 1.00. The molecule has 0 aliphatic rings. The van der Waals surface area contributed by atoms with Gasteiger partial charge in [-0.1, -0.05) is 15.9 Å². The molecular weight excluding hydrogens is 191 g/mol. The van der Waals surface area contributed by atoms with Gasteiger partial charge in [0.1, 0.15) is 9.55 Å². The van der Waals surface area contributed by atoms with E-state index in [1.165, 1.54) is 0 Å². The average Bonchev–Trinajstić information content (AvgIpc) is 1.46. The van der Waals surface area contributed by atoms with E-state index in [1.807, 2.05) is 0 Å². The summed E-state index contributed by atoms with van der Waals surface area (Å²) < 4.78 is 0. The molecule has 0 N–H and O–H groups in total. The lowest BCUT2D eigenvalue weighted by molar-refractivity contribution is 2.32. The first kappa shape index (κ1) is 9.56. The molecule has 0 saturated carbocycles. The van der Waals surface area contributed by atoms with Crippen LogP contribution >= 0.6 is 38.6 Å². The van der Waals surface area contributed by atoms with E-state index in [1.54, 1.807) is 0 Å². The van der Waals surface area contributed by atoms with Gasteiger partial charge < -0.3 is 0 Å². The molecule has 0 spiro atoms. The van der Waals surface area contributed by atoms with Gasteiger partial charge in [-0.3, -0.25) is 0 Å². The van der Waals surface area contributed by atoms with Crippen LogP contribution in [0.15, 0.2) is 0 Å². The van der Waals surface area contributed by atoms with Crippen molar-refractivity contribution in [3.8, 4) is 0 Å². The largest absolute Gasteiger partial charge is 0.181 e. The Morgan fingerprint density at radius 1 is 1.60 bits per heavy atom. The van der Waals surface area contributed by atoms with Gasteiger partial charge in [-0.15, -0.1) is 11.6 Å². The Labute approximate surface area is 53.1 Å². The lowest BCUT2D eigenvalue weighted by Gasteiger charge is -1.42. The van der Waals surface area contributed by atoms with E-state index in [2.05, 4.69) is 15.9 Å². The molecule has 0 bridgehead atoms. The van der Waals surface area contributed by atoms with Gasteiger partial charge in [0.05, 0.1) is 4.79 Å². The van der Waals surface area contributed by atoms with Crippen molar-refractivity contribution in [2.75, 3.05) is 4.79 Å². The first-order valence-corrected chi connectivity index (χ1v) is 5.59. The molecule has 0 aromatic heterocycles. The van der Waals surface area contributed by atoms with Crippen LogP contribution in [0.4, 0.5) is 0 Å². The Morgan fingerprint density at radius 3 is 1.60 bits per heavy atom. The highest BCUT2D eigenvalue weighted by Gasteiger charge is 1.41. The molecule has 4 heteroatoms. The highest BCUT2D eigenvalue weighted by atomic mass is 79.9. The van der Waals surface area contributed by atoms with E-state index in [0.717, 1.165) is 9.55 Å². The Morgan fingerprint density at radius 2 is 1.60 bits per heavy atom. The summed E-state index contributed by atoms with van der Waals surface area (Å²) in [5, 5.41) is 0. The number of halogens is 3. The summed E-state index contributed by atoms with van der Waals surface area (Å²) in [6, 6.07) is 0. The predicted octanol–water partition coefficient (Wildman–Crippen LogP) is 1.08. The van der Waals surface area contributed by atoms with Crippen molar-refractivity contribution >= 4 is 48.2 Å². The Kier molecular flexibility index (Phi) is 35.6. The van der Waals surface area contributed by atoms with Gasteiger partial charge in [0.25, 0.3) is 0 Å². The molecule has 0 aromatic carbocycles. The van der Waals surface area contributed by atoms with Gasteiger partial charge in [-0.2, -0.15) is 11.1 Å². The van der Waals surface area contributed by atoms with Gasteiger partial charge in [0, 0.05) is 0 Å². The second kappa shape index (κ2) is 18.6. The molecule has 0 atom stereocenters. The number of hydrogen-bond acceptors (Lipinski definition) is 0. The van der Waals surface area contributed by atoms with Crippen molar-refractivity contribution in [3.63, 3.8) is 0 Å². The zero-order valence-corrected chi connectivity index (χ0v) is 7.94. The van der Waals surface area contributed by atoms with Gasteiger partial charge in [-0.05, 0) is 0 Å². The Hall–Kier alpha value is 1.28. The van der Waals surface area contributed by atoms with Crippen molar-refractivity contribution in [2.24, 2.45) is 0 Å². The van der Waals surface area contributed by atoms with Crippen molar-refractivity contribution in [2.45, 2.75) is 0 Å². The molecule has 0 fully saturated rings. The van der Waals surface area contributed by atoms with Crippen molar-refractivity contribution in [1.82, 2.24) is 0 Å². The van der Waals surface area contributed by atoms with E-state index in [0.29, 0.717) is 4.79 Å². The van der Waals surface area contributed by atoms with Crippen LogP contribution in [0.2, 0.25) is 0 Å². The normalized spacial score (nSPS) is 5.40. The molecular formula is CH5BrCl2Si. The number of rotatable bonds is 0. The minimum atomic E-state index is 0.535. The van der Waals surface area contributed by atoms with Crippen molar-refractivity contribution in [1.29, 1.82) is 0 Å². The summed E-state index contributed by atoms with van der Waals surface area (Å²) in [4.78, 5) is 0.535. The molecule has 0 nitrogen and oxygen atoms in total. The molecule has 0 saturated heterocycles. The summed E-state index contributed by atoms with van der Waals surface area (Å²) in [7, 11) is 0.778. The SMILES string of the molecule is ClCBr.[SiH3]Cl. The van der Waals surface area contributed by atoms with Crippen LogP contribution < -0.4 is 0 Å². The third kappa shape index (κ3) is 34.8. The summed E-state index contributed by atoms with van der Waals surface area (Å²) in [5.74, 6) is 0. The van der Waals surface area contributed by atoms with Crippen LogP contribution in [0, 0.1) is 0 Å². The van der Waals surface area contributed by atoms with Crippen LogP contribution in [0.25, 0.3) is 0 Å². The van der Waals surface area contributed by atoms with Crippen LogP contribution in [0.5, 0.6) is 0 Å². The summed E-state index contributed by atoms with van der Waals surface area (Å²) in [6.45, 7) is 0. The fourth-order valence-corrected chi connectivity index (χ4v) is 0. The highest BCUT2D eigenvalue weighted by Crippen LogP contribution is 1.78. The molecule has 34 valence electrons. The minimum absolute atomic E-state index is 0.535. The van der Waals surface area contributed by atoms with Gasteiger partial charge in [-0.25, -0.2) is 0 Å². The molecule has 0 aromatic rings. The molecule has 0 aliphatic carbocycles. The third-order valence-electron chi connectivity index (χ3n) is 0. The van der Waals surface area contributed by atoms with Crippen LogP contribution in [-0.4, -0.2) is 14.3 Å². The zero-order valence-electron chi connectivity index (χ0n) is 2.84. The maximum atomic E-state index is 4.92.